The standard InChI is InChI=1S/C27H35F3N6O/c1-35-10-5-18(6-11-35)4-9-32-23-3-2-20(14-22(23)27(28,29)30)25-21-7-12-36(16-19-8-13-37-17-19)26(21)34-24(15-31)33-25/h2-3,7,12,14-15,18-19,24,31-33H,4-6,8-11,13,16-17H2,1H3. The highest BCUT2D eigenvalue weighted by Gasteiger charge is 2.34. The lowest BCUT2D eigenvalue weighted by atomic mass is 9.94. The molecule has 2 fully saturated rings. The van der Waals surface area contributed by atoms with Crippen molar-refractivity contribution in [3.63, 3.8) is 0 Å². The molecule has 37 heavy (non-hydrogen) atoms. The van der Waals surface area contributed by atoms with E-state index in [-0.39, 0.29) is 5.69 Å². The number of hydrogen-bond donors (Lipinski definition) is 3. The first-order valence-electron chi connectivity index (χ1n) is 13.1. The van der Waals surface area contributed by atoms with Crippen LogP contribution in [0.2, 0.25) is 0 Å². The van der Waals surface area contributed by atoms with E-state index in [0.29, 0.717) is 41.7 Å². The van der Waals surface area contributed by atoms with E-state index in [2.05, 4.69) is 27.6 Å². The number of anilines is 1. The lowest BCUT2D eigenvalue weighted by molar-refractivity contribution is -0.137. The van der Waals surface area contributed by atoms with Crippen LogP contribution in [0.25, 0.3) is 5.70 Å². The number of fused-ring (bicyclic) bond motifs is 1. The number of rotatable bonds is 8. The molecule has 2 atom stereocenters. The first-order chi connectivity index (χ1) is 17.8. The quantitative estimate of drug-likeness (QED) is 0.472. The summed E-state index contributed by atoms with van der Waals surface area (Å²) in [6.07, 6.45) is 1.95. The number of alkyl halides is 3. The maximum Gasteiger partial charge on any atom is 0.418 e. The normalized spacial score (nSPS) is 22.9. The van der Waals surface area contributed by atoms with Crippen molar-refractivity contribution in [2.45, 2.75) is 44.6 Å². The van der Waals surface area contributed by atoms with Gasteiger partial charge in [0.05, 0.1) is 17.9 Å². The van der Waals surface area contributed by atoms with Gasteiger partial charge in [0.25, 0.3) is 0 Å². The molecule has 3 N–H and O–H groups in total. The molecule has 0 radical (unpaired) electrons. The van der Waals surface area contributed by atoms with Crippen molar-refractivity contribution in [3.8, 4) is 0 Å². The summed E-state index contributed by atoms with van der Waals surface area (Å²) in [6.45, 7) is 4.76. The van der Waals surface area contributed by atoms with Gasteiger partial charge in [0, 0.05) is 48.9 Å². The van der Waals surface area contributed by atoms with E-state index in [1.54, 1.807) is 6.07 Å². The van der Waals surface area contributed by atoms with Crippen molar-refractivity contribution in [2.24, 2.45) is 16.8 Å². The lowest BCUT2D eigenvalue weighted by Gasteiger charge is -2.29. The van der Waals surface area contributed by atoms with Gasteiger partial charge < -0.3 is 30.2 Å². The second kappa shape index (κ2) is 10.9. The Morgan fingerprint density at radius 2 is 2.00 bits per heavy atom. The van der Waals surface area contributed by atoms with Gasteiger partial charge in [-0.2, -0.15) is 13.2 Å². The van der Waals surface area contributed by atoms with E-state index in [0.717, 1.165) is 57.1 Å². The molecule has 0 amide bonds. The Labute approximate surface area is 214 Å². The highest BCUT2D eigenvalue weighted by Crippen LogP contribution is 2.36. The zero-order valence-electron chi connectivity index (χ0n) is 21.2. The van der Waals surface area contributed by atoms with E-state index < -0.39 is 17.9 Å². The maximum atomic E-state index is 14.1. The number of aromatic nitrogens is 1. The summed E-state index contributed by atoms with van der Waals surface area (Å²) in [5.74, 6) is 0.916. The van der Waals surface area contributed by atoms with Gasteiger partial charge in [0.1, 0.15) is 5.49 Å². The highest BCUT2D eigenvalue weighted by molar-refractivity contribution is 5.72. The van der Waals surface area contributed by atoms with Crippen LogP contribution in [-0.2, 0) is 17.5 Å². The van der Waals surface area contributed by atoms with Gasteiger partial charge in [-0.3, -0.25) is 0 Å². The molecule has 200 valence electrons. The Balaban J connectivity index is 1.42. The molecule has 3 aliphatic heterocycles. The molecule has 10 heteroatoms. The molecule has 2 saturated heterocycles. The van der Waals surface area contributed by atoms with Crippen LogP contribution in [0.5, 0.6) is 0 Å². The third-order valence-corrected chi connectivity index (χ3v) is 7.71. The monoisotopic (exact) mass is 516 g/mol. The molecule has 2 unspecified atom stereocenters. The number of ether oxygens (including phenoxy) is 1. The number of likely N-dealkylation sites (tertiary alicyclic amines) is 1. The predicted molar refractivity (Wildman–Crippen MR) is 137 cm³/mol. The van der Waals surface area contributed by atoms with Crippen molar-refractivity contribution >= 4 is 17.6 Å². The highest BCUT2D eigenvalue weighted by atomic mass is 19.4. The Kier molecular flexibility index (Phi) is 7.57. The van der Waals surface area contributed by atoms with Gasteiger partial charge in [-0.25, -0.2) is 4.99 Å². The van der Waals surface area contributed by atoms with Crippen LogP contribution in [0.1, 0.15) is 36.8 Å². The van der Waals surface area contributed by atoms with Crippen molar-refractivity contribution in [1.82, 2.24) is 14.8 Å². The van der Waals surface area contributed by atoms with Crippen LogP contribution in [-0.4, -0.2) is 61.7 Å². The molecule has 0 bridgehead atoms. The van der Waals surface area contributed by atoms with Crippen molar-refractivity contribution < 1.29 is 17.9 Å². The molecule has 0 aliphatic carbocycles. The van der Waals surface area contributed by atoms with Crippen LogP contribution in [0, 0.1) is 17.2 Å². The molecule has 0 spiro atoms. The Hall–Kier alpha value is -2.85. The fraction of sp³-hybridized carbons (Fsp3) is 0.556. The molecule has 7 nitrogen and oxygen atoms in total. The SMILES string of the molecule is CN1CCC(CCNc2ccc(C3=c4ccn(CC5CCOC5)c4=NC(C=N)N3)cc2C(F)(F)F)CC1. The predicted octanol–water partition coefficient (Wildman–Crippen LogP) is 3.04. The Morgan fingerprint density at radius 1 is 1.19 bits per heavy atom. The van der Waals surface area contributed by atoms with Gasteiger partial charge in [-0.15, -0.1) is 0 Å². The lowest BCUT2D eigenvalue weighted by Crippen LogP contribution is -2.45. The fourth-order valence-electron chi connectivity index (χ4n) is 5.51. The van der Waals surface area contributed by atoms with E-state index >= 15 is 0 Å². The molecule has 4 heterocycles. The number of benzene rings is 1. The number of nitrogens with zero attached hydrogens (tertiary/aromatic N) is 3. The number of halogens is 3. The summed E-state index contributed by atoms with van der Waals surface area (Å²) < 4.78 is 50.0. The first-order valence-corrected chi connectivity index (χ1v) is 13.1. The first kappa shape index (κ1) is 25.8. The summed E-state index contributed by atoms with van der Waals surface area (Å²) in [5, 5.41) is 14.7. The van der Waals surface area contributed by atoms with Crippen molar-refractivity contribution in [1.29, 1.82) is 5.41 Å². The largest absolute Gasteiger partial charge is 0.418 e. The Bertz CT molecular complexity index is 1230. The van der Waals surface area contributed by atoms with Crippen LogP contribution < -0.4 is 21.3 Å². The number of piperidine rings is 1. The molecular weight excluding hydrogens is 481 g/mol. The van der Waals surface area contributed by atoms with E-state index in [4.69, 9.17) is 10.1 Å². The van der Waals surface area contributed by atoms with Crippen LogP contribution >= 0.6 is 0 Å². The van der Waals surface area contributed by atoms with Gasteiger partial charge in [-0.1, -0.05) is 6.07 Å². The molecule has 2 aromatic rings. The van der Waals surface area contributed by atoms with Gasteiger partial charge in [-0.05, 0) is 75.5 Å². The summed E-state index contributed by atoms with van der Waals surface area (Å²) >= 11 is 0. The van der Waals surface area contributed by atoms with Crippen LogP contribution in [0.4, 0.5) is 18.9 Å². The van der Waals surface area contributed by atoms with Crippen molar-refractivity contribution in [3.05, 3.63) is 52.3 Å². The molecule has 3 aliphatic rings. The fourth-order valence-corrected chi connectivity index (χ4v) is 5.51. The average Bonchev–Trinajstić information content (AvgIpc) is 3.55. The average molecular weight is 517 g/mol. The van der Waals surface area contributed by atoms with Gasteiger partial charge in [0.15, 0.2) is 6.17 Å². The molecule has 0 saturated carbocycles. The van der Waals surface area contributed by atoms with Crippen molar-refractivity contribution in [2.75, 3.05) is 45.2 Å². The summed E-state index contributed by atoms with van der Waals surface area (Å²) in [7, 11) is 2.10. The second-order valence-electron chi connectivity index (χ2n) is 10.4. The second-order valence-corrected chi connectivity index (χ2v) is 10.4. The molecule has 5 rings (SSSR count). The zero-order chi connectivity index (χ0) is 26.0. The number of nitrogens with one attached hydrogen (secondary N) is 3. The topological polar surface area (TPSA) is 77.7 Å². The third kappa shape index (κ3) is 5.85. The number of hydrogen-bond acceptors (Lipinski definition) is 6. The summed E-state index contributed by atoms with van der Waals surface area (Å²) in [4.78, 5) is 6.92. The Morgan fingerprint density at radius 3 is 2.70 bits per heavy atom. The molecule has 1 aromatic carbocycles. The minimum absolute atomic E-state index is 0.105. The molecular formula is C27H35F3N6O. The van der Waals surface area contributed by atoms with E-state index in [1.807, 2.05) is 16.8 Å². The van der Waals surface area contributed by atoms with E-state index in [9.17, 15) is 13.2 Å². The summed E-state index contributed by atoms with van der Waals surface area (Å²) in [5.41, 5.74) is 1.10. The van der Waals surface area contributed by atoms with Gasteiger partial charge >= 0.3 is 6.18 Å². The smallest absolute Gasteiger partial charge is 0.385 e. The maximum absolute atomic E-state index is 14.1. The minimum Gasteiger partial charge on any atom is -0.385 e. The van der Waals surface area contributed by atoms with Crippen LogP contribution in [0.3, 0.4) is 0 Å². The molecule has 1 aromatic heterocycles. The summed E-state index contributed by atoms with van der Waals surface area (Å²) in [6, 6.07) is 6.34. The van der Waals surface area contributed by atoms with Crippen LogP contribution in [0.15, 0.2) is 35.5 Å². The minimum atomic E-state index is -4.50. The van der Waals surface area contributed by atoms with Gasteiger partial charge in [0.2, 0.25) is 0 Å². The van der Waals surface area contributed by atoms with E-state index in [1.165, 1.54) is 18.3 Å². The third-order valence-electron chi connectivity index (χ3n) is 7.71. The zero-order valence-corrected chi connectivity index (χ0v) is 21.2.